The molecule has 0 saturated heterocycles. The minimum Gasteiger partial charge on any atom is -0.497 e. The van der Waals surface area contributed by atoms with Crippen LogP contribution in [-0.4, -0.2) is 27.5 Å². The zero-order valence-electron chi connectivity index (χ0n) is 16.3. The first-order valence-electron chi connectivity index (χ1n) is 9.66. The van der Waals surface area contributed by atoms with Crippen LogP contribution in [0, 0.1) is 0 Å². The number of carbonyl (C=O) groups is 1. The summed E-state index contributed by atoms with van der Waals surface area (Å²) in [6, 6.07) is 10.7. The summed E-state index contributed by atoms with van der Waals surface area (Å²) < 4.78 is 32.8. The topological polar surface area (TPSA) is 84.5 Å². The Morgan fingerprint density at radius 2 is 1.69 bits per heavy atom. The first-order chi connectivity index (χ1) is 13.9. The van der Waals surface area contributed by atoms with E-state index in [1.165, 1.54) is 50.3 Å². The molecule has 0 atom stereocenters. The van der Waals surface area contributed by atoms with Crippen LogP contribution in [0.2, 0.25) is 5.02 Å². The van der Waals surface area contributed by atoms with Gasteiger partial charge in [0.2, 0.25) is 0 Å². The molecule has 3 rings (SSSR count). The Balaban J connectivity index is 1.76. The highest BCUT2D eigenvalue weighted by Gasteiger charge is 2.20. The second-order valence-corrected chi connectivity index (χ2v) is 9.23. The highest BCUT2D eigenvalue weighted by atomic mass is 35.5. The number of methoxy groups -OCH3 is 1. The number of sulfonamides is 1. The van der Waals surface area contributed by atoms with Crippen LogP contribution in [0.4, 0.5) is 5.69 Å². The molecule has 1 aliphatic carbocycles. The molecule has 1 amide bonds. The summed E-state index contributed by atoms with van der Waals surface area (Å²) in [4.78, 5) is 12.8. The maximum atomic E-state index is 12.7. The van der Waals surface area contributed by atoms with Gasteiger partial charge in [0.25, 0.3) is 15.9 Å². The largest absolute Gasteiger partial charge is 0.497 e. The predicted octanol–water partition coefficient (Wildman–Crippen LogP) is 4.60. The number of nitrogens with one attached hydrogen (secondary N) is 2. The van der Waals surface area contributed by atoms with Crippen molar-refractivity contribution < 1.29 is 17.9 Å². The van der Waals surface area contributed by atoms with Crippen molar-refractivity contribution in [2.45, 2.75) is 49.5 Å². The number of rotatable bonds is 6. The molecule has 2 aromatic rings. The Bertz CT molecular complexity index is 953. The molecule has 1 fully saturated rings. The number of hydrogen-bond acceptors (Lipinski definition) is 4. The van der Waals surface area contributed by atoms with E-state index in [1.807, 2.05) is 0 Å². The van der Waals surface area contributed by atoms with Crippen LogP contribution in [0.3, 0.4) is 0 Å². The summed E-state index contributed by atoms with van der Waals surface area (Å²) in [6.07, 6.45) is 6.48. The normalized spacial score (nSPS) is 15.4. The molecular formula is C21H25ClN2O4S. The van der Waals surface area contributed by atoms with Gasteiger partial charge in [0, 0.05) is 11.7 Å². The van der Waals surface area contributed by atoms with Crippen molar-refractivity contribution in [1.29, 1.82) is 0 Å². The molecule has 2 N–H and O–H groups in total. The van der Waals surface area contributed by atoms with Gasteiger partial charge in [0.05, 0.1) is 22.6 Å². The van der Waals surface area contributed by atoms with E-state index < -0.39 is 10.0 Å². The summed E-state index contributed by atoms with van der Waals surface area (Å²) in [5.41, 5.74) is 0.530. The lowest BCUT2D eigenvalue weighted by Gasteiger charge is -2.17. The number of ether oxygens (including phenoxy) is 1. The Kier molecular flexibility index (Phi) is 7.03. The van der Waals surface area contributed by atoms with Gasteiger partial charge in [0.15, 0.2) is 0 Å². The molecule has 0 unspecified atom stereocenters. The van der Waals surface area contributed by atoms with Crippen molar-refractivity contribution in [2.75, 3.05) is 11.8 Å². The lowest BCUT2D eigenvalue weighted by Crippen LogP contribution is -2.34. The van der Waals surface area contributed by atoms with E-state index in [0.717, 1.165) is 25.7 Å². The number of anilines is 1. The molecule has 2 aromatic carbocycles. The maximum absolute atomic E-state index is 12.7. The molecule has 1 aliphatic rings. The van der Waals surface area contributed by atoms with E-state index >= 15 is 0 Å². The molecule has 0 aromatic heterocycles. The fraction of sp³-hybridized carbons (Fsp3) is 0.381. The van der Waals surface area contributed by atoms with Crippen LogP contribution >= 0.6 is 11.6 Å². The highest BCUT2D eigenvalue weighted by molar-refractivity contribution is 7.92. The first kappa shape index (κ1) is 21.5. The average Bonchev–Trinajstić information content (AvgIpc) is 2.98. The molecule has 0 radical (unpaired) electrons. The predicted molar refractivity (Wildman–Crippen MR) is 114 cm³/mol. The molecule has 1 saturated carbocycles. The number of benzene rings is 2. The molecule has 0 heterocycles. The fourth-order valence-corrected chi connectivity index (χ4v) is 4.67. The third-order valence-corrected chi connectivity index (χ3v) is 6.75. The molecule has 0 aliphatic heterocycles. The van der Waals surface area contributed by atoms with Crippen molar-refractivity contribution in [2.24, 2.45) is 0 Å². The Morgan fingerprint density at radius 1 is 1.03 bits per heavy atom. The highest BCUT2D eigenvalue weighted by Crippen LogP contribution is 2.25. The van der Waals surface area contributed by atoms with Gasteiger partial charge in [0.1, 0.15) is 5.75 Å². The smallest absolute Gasteiger partial charge is 0.261 e. The van der Waals surface area contributed by atoms with Crippen molar-refractivity contribution >= 4 is 33.2 Å². The Labute approximate surface area is 176 Å². The number of amides is 1. The van der Waals surface area contributed by atoms with Crippen molar-refractivity contribution in [3.8, 4) is 5.75 Å². The summed E-state index contributed by atoms with van der Waals surface area (Å²) in [5.74, 6) is 0.278. The third-order valence-electron chi connectivity index (χ3n) is 5.02. The molecule has 0 spiro atoms. The molecule has 0 bridgehead atoms. The summed E-state index contributed by atoms with van der Waals surface area (Å²) in [7, 11) is -2.29. The average molecular weight is 437 g/mol. The van der Waals surface area contributed by atoms with E-state index in [2.05, 4.69) is 10.0 Å². The van der Waals surface area contributed by atoms with Crippen LogP contribution in [0.5, 0.6) is 5.75 Å². The Hall–Kier alpha value is -2.25. The van der Waals surface area contributed by atoms with E-state index in [1.54, 1.807) is 12.1 Å². The van der Waals surface area contributed by atoms with Gasteiger partial charge in [-0.2, -0.15) is 0 Å². The summed E-state index contributed by atoms with van der Waals surface area (Å²) >= 11 is 6.21. The van der Waals surface area contributed by atoms with Crippen LogP contribution in [0.15, 0.2) is 47.4 Å². The van der Waals surface area contributed by atoms with Crippen LogP contribution in [-0.2, 0) is 10.0 Å². The van der Waals surface area contributed by atoms with E-state index in [9.17, 15) is 13.2 Å². The fourth-order valence-electron chi connectivity index (χ4n) is 3.42. The van der Waals surface area contributed by atoms with E-state index in [-0.39, 0.29) is 33.1 Å². The first-order valence-corrected chi connectivity index (χ1v) is 11.5. The van der Waals surface area contributed by atoms with Gasteiger partial charge in [-0.3, -0.25) is 9.52 Å². The zero-order chi connectivity index (χ0) is 20.9. The second-order valence-electron chi connectivity index (χ2n) is 7.14. The number of hydrogen-bond donors (Lipinski definition) is 2. The molecule has 6 nitrogen and oxygen atoms in total. The van der Waals surface area contributed by atoms with Gasteiger partial charge in [-0.25, -0.2) is 8.42 Å². The van der Waals surface area contributed by atoms with Gasteiger partial charge >= 0.3 is 0 Å². The zero-order valence-corrected chi connectivity index (χ0v) is 17.9. The molecule has 29 heavy (non-hydrogen) atoms. The molecular weight excluding hydrogens is 412 g/mol. The van der Waals surface area contributed by atoms with Crippen LogP contribution < -0.4 is 14.8 Å². The molecule has 8 heteroatoms. The lowest BCUT2D eigenvalue weighted by molar-refractivity contribution is 0.0933. The second kappa shape index (κ2) is 9.50. The number of halogens is 1. The third kappa shape index (κ3) is 5.64. The minimum atomic E-state index is -3.81. The lowest BCUT2D eigenvalue weighted by atomic mass is 10.1. The summed E-state index contributed by atoms with van der Waals surface area (Å²) in [5, 5.41) is 3.32. The van der Waals surface area contributed by atoms with Crippen molar-refractivity contribution in [1.82, 2.24) is 5.32 Å². The SMILES string of the molecule is COc1ccc(S(=O)(=O)Nc2ccc(Cl)c(C(=O)NC3CCCCCC3)c2)cc1. The minimum absolute atomic E-state index is 0.0951. The van der Waals surface area contributed by atoms with Crippen LogP contribution in [0.1, 0.15) is 48.9 Å². The number of carbonyl (C=O) groups excluding carboxylic acids is 1. The van der Waals surface area contributed by atoms with E-state index in [0.29, 0.717) is 5.75 Å². The Morgan fingerprint density at radius 3 is 2.31 bits per heavy atom. The quantitative estimate of drug-likeness (QED) is 0.648. The van der Waals surface area contributed by atoms with Gasteiger partial charge < -0.3 is 10.1 Å². The standard InChI is InChI=1S/C21H25ClN2O4S/c1-28-17-9-11-18(12-10-17)29(26,27)24-16-8-13-20(22)19(14-16)21(25)23-15-6-4-2-3-5-7-15/h8-15,24H,2-7H2,1H3,(H,23,25). The van der Waals surface area contributed by atoms with Gasteiger partial charge in [-0.15, -0.1) is 0 Å². The van der Waals surface area contributed by atoms with Gasteiger partial charge in [-0.05, 0) is 55.3 Å². The maximum Gasteiger partial charge on any atom is 0.261 e. The van der Waals surface area contributed by atoms with Crippen molar-refractivity contribution in [3.05, 3.63) is 53.1 Å². The molecule has 156 valence electrons. The van der Waals surface area contributed by atoms with Crippen LogP contribution in [0.25, 0.3) is 0 Å². The van der Waals surface area contributed by atoms with Gasteiger partial charge in [-0.1, -0.05) is 37.3 Å². The summed E-state index contributed by atoms with van der Waals surface area (Å²) in [6.45, 7) is 0. The monoisotopic (exact) mass is 436 g/mol. The van der Waals surface area contributed by atoms with E-state index in [4.69, 9.17) is 16.3 Å². The van der Waals surface area contributed by atoms with Crippen molar-refractivity contribution in [3.63, 3.8) is 0 Å².